The summed E-state index contributed by atoms with van der Waals surface area (Å²) in [5, 5.41) is 0.900. The first-order valence-electron chi connectivity index (χ1n) is 10.1. The van der Waals surface area contributed by atoms with Gasteiger partial charge in [-0.15, -0.1) is 11.3 Å². The van der Waals surface area contributed by atoms with Gasteiger partial charge in [0.25, 0.3) is 0 Å². The van der Waals surface area contributed by atoms with Crippen molar-refractivity contribution in [1.82, 2.24) is 4.98 Å². The van der Waals surface area contributed by atoms with Gasteiger partial charge in [0.2, 0.25) is 0 Å². The smallest absolute Gasteiger partial charge is 0.344 e. The highest BCUT2D eigenvalue weighted by Gasteiger charge is 2.33. The van der Waals surface area contributed by atoms with Crippen molar-refractivity contribution in [3.8, 4) is 0 Å². The first-order valence-corrected chi connectivity index (χ1v) is 10.9. The van der Waals surface area contributed by atoms with E-state index in [4.69, 9.17) is 9.47 Å². The Balaban J connectivity index is 1.42. The molecule has 152 valence electrons. The van der Waals surface area contributed by atoms with Crippen molar-refractivity contribution in [3.63, 3.8) is 0 Å². The molecule has 0 N–H and O–H groups in total. The van der Waals surface area contributed by atoms with Crippen LogP contribution < -0.4 is 0 Å². The number of esters is 2. The van der Waals surface area contributed by atoms with E-state index in [0.717, 1.165) is 28.1 Å². The number of rotatable bonds is 7. The molecule has 3 rings (SSSR count). The molecule has 1 aromatic carbocycles. The first-order chi connectivity index (χ1) is 13.4. The first kappa shape index (κ1) is 20.8. The Kier molecular flexibility index (Phi) is 7.05. The summed E-state index contributed by atoms with van der Waals surface area (Å²) in [4.78, 5) is 28.7. The minimum absolute atomic E-state index is 0.0716. The fourth-order valence-corrected chi connectivity index (χ4v) is 4.87. The van der Waals surface area contributed by atoms with Gasteiger partial charge in [-0.2, -0.15) is 0 Å². The van der Waals surface area contributed by atoms with Crippen LogP contribution in [-0.2, 0) is 25.5 Å². The Morgan fingerprint density at radius 3 is 2.75 bits per heavy atom. The molecule has 28 heavy (non-hydrogen) atoms. The largest absolute Gasteiger partial charge is 0.460 e. The summed E-state index contributed by atoms with van der Waals surface area (Å²) in [5.74, 6) is 0.576. The summed E-state index contributed by atoms with van der Waals surface area (Å²) in [7, 11) is 0. The molecule has 1 saturated carbocycles. The van der Waals surface area contributed by atoms with Crippen LogP contribution in [0.15, 0.2) is 24.3 Å². The van der Waals surface area contributed by atoms with E-state index in [-0.39, 0.29) is 19.1 Å². The van der Waals surface area contributed by atoms with Gasteiger partial charge in [0.15, 0.2) is 6.61 Å². The van der Waals surface area contributed by atoms with Gasteiger partial charge in [0.1, 0.15) is 6.10 Å². The lowest BCUT2D eigenvalue weighted by atomic mass is 9.75. The quantitative estimate of drug-likeness (QED) is 0.623. The molecule has 0 saturated heterocycles. The highest BCUT2D eigenvalue weighted by atomic mass is 32.1. The van der Waals surface area contributed by atoms with Crippen LogP contribution in [0.3, 0.4) is 0 Å². The Labute approximate surface area is 170 Å². The highest BCUT2D eigenvalue weighted by molar-refractivity contribution is 7.18. The lowest BCUT2D eigenvalue weighted by Gasteiger charge is -2.36. The number of para-hydroxylation sites is 1. The third-order valence-electron chi connectivity index (χ3n) is 5.48. The zero-order chi connectivity index (χ0) is 20.1. The zero-order valence-corrected chi connectivity index (χ0v) is 17.7. The van der Waals surface area contributed by atoms with E-state index in [1.165, 1.54) is 6.42 Å². The summed E-state index contributed by atoms with van der Waals surface area (Å²) < 4.78 is 11.9. The van der Waals surface area contributed by atoms with Gasteiger partial charge < -0.3 is 9.47 Å². The van der Waals surface area contributed by atoms with Crippen LogP contribution >= 0.6 is 11.3 Å². The predicted molar refractivity (Wildman–Crippen MR) is 110 cm³/mol. The van der Waals surface area contributed by atoms with Crippen LogP contribution in [0.5, 0.6) is 0 Å². The van der Waals surface area contributed by atoms with Crippen LogP contribution in [0.2, 0.25) is 0 Å². The molecule has 2 aromatic rings. The third kappa shape index (κ3) is 5.53. The molecule has 0 spiro atoms. The minimum Gasteiger partial charge on any atom is -0.460 e. The number of hydrogen-bond donors (Lipinski definition) is 0. The molecular formula is C22H29NO4S. The fraction of sp³-hybridized carbons (Fsp3) is 0.591. The Bertz CT molecular complexity index is 783. The van der Waals surface area contributed by atoms with Crippen molar-refractivity contribution in [2.24, 2.45) is 17.8 Å². The maximum atomic E-state index is 12.2. The number of nitrogens with zero attached hydrogens (tertiary/aromatic N) is 1. The van der Waals surface area contributed by atoms with E-state index in [0.29, 0.717) is 24.2 Å². The molecule has 0 unspecified atom stereocenters. The summed E-state index contributed by atoms with van der Waals surface area (Å²) in [6.07, 6.45) is 3.80. The standard InChI is InChI=1S/C22H29NO4S/c1-14(2)16-9-8-15(3)12-18(16)27-22(25)13-26-21(24)11-10-20-23-17-6-4-5-7-19(17)28-20/h4-7,14-16,18H,8-13H2,1-3H3/t15-,16+,18+/m1/s1. The zero-order valence-electron chi connectivity index (χ0n) is 16.8. The Hall–Kier alpha value is -1.95. The van der Waals surface area contributed by atoms with E-state index < -0.39 is 11.9 Å². The number of carbonyl (C=O) groups is 2. The van der Waals surface area contributed by atoms with Gasteiger partial charge in [-0.25, -0.2) is 9.78 Å². The van der Waals surface area contributed by atoms with Gasteiger partial charge in [-0.05, 0) is 42.7 Å². The van der Waals surface area contributed by atoms with Crippen molar-refractivity contribution in [2.75, 3.05) is 6.61 Å². The number of ether oxygens (including phenoxy) is 2. The second-order valence-electron chi connectivity index (χ2n) is 8.09. The SMILES string of the molecule is CC(C)[C@@H]1CC[C@@H](C)C[C@@H]1OC(=O)COC(=O)CCc1nc2ccccc2s1. The van der Waals surface area contributed by atoms with Gasteiger partial charge in [0, 0.05) is 6.42 Å². The summed E-state index contributed by atoms with van der Waals surface area (Å²) in [6, 6.07) is 7.89. The van der Waals surface area contributed by atoms with Gasteiger partial charge >= 0.3 is 11.9 Å². The number of benzene rings is 1. The van der Waals surface area contributed by atoms with Crippen LogP contribution in [0.1, 0.15) is 51.5 Å². The number of thiazole rings is 1. The molecule has 0 radical (unpaired) electrons. The number of aromatic nitrogens is 1. The maximum Gasteiger partial charge on any atom is 0.344 e. The summed E-state index contributed by atoms with van der Waals surface area (Å²) in [6.45, 7) is 6.22. The van der Waals surface area contributed by atoms with Crippen molar-refractivity contribution in [3.05, 3.63) is 29.3 Å². The predicted octanol–water partition coefficient (Wildman–Crippen LogP) is 4.78. The maximum absolute atomic E-state index is 12.2. The van der Waals surface area contributed by atoms with Gasteiger partial charge in [0.05, 0.1) is 21.6 Å². The molecule has 0 aliphatic heterocycles. The second-order valence-corrected chi connectivity index (χ2v) is 9.21. The highest BCUT2D eigenvalue weighted by Crippen LogP contribution is 2.35. The van der Waals surface area contributed by atoms with Crippen molar-refractivity contribution in [2.45, 2.75) is 59.0 Å². The monoisotopic (exact) mass is 403 g/mol. The number of fused-ring (bicyclic) bond motifs is 1. The third-order valence-corrected chi connectivity index (χ3v) is 6.57. The van der Waals surface area contributed by atoms with Gasteiger partial charge in [-0.3, -0.25) is 4.79 Å². The summed E-state index contributed by atoms with van der Waals surface area (Å²) >= 11 is 1.58. The van der Waals surface area contributed by atoms with E-state index in [1.54, 1.807) is 11.3 Å². The molecular weight excluding hydrogens is 374 g/mol. The topological polar surface area (TPSA) is 65.5 Å². The Morgan fingerprint density at radius 1 is 1.21 bits per heavy atom. The summed E-state index contributed by atoms with van der Waals surface area (Å²) in [5.41, 5.74) is 0.945. The number of carbonyl (C=O) groups excluding carboxylic acids is 2. The van der Waals surface area contributed by atoms with E-state index in [1.807, 2.05) is 24.3 Å². The lowest BCUT2D eigenvalue weighted by molar-refractivity contribution is -0.167. The van der Waals surface area contributed by atoms with Crippen LogP contribution in [0, 0.1) is 17.8 Å². The van der Waals surface area contributed by atoms with E-state index in [2.05, 4.69) is 25.8 Å². The number of aryl methyl sites for hydroxylation is 1. The Morgan fingerprint density at radius 2 is 2.00 bits per heavy atom. The minimum atomic E-state index is -0.446. The molecule has 1 aliphatic rings. The molecule has 5 nitrogen and oxygen atoms in total. The van der Waals surface area contributed by atoms with Crippen LogP contribution in [0.25, 0.3) is 10.2 Å². The van der Waals surface area contributed by atoms with Crippen LogP contribution in [0.4, 0.5) is 0 Å². The molecule has 6 heteroatoms. The van der Waals surface area contributed by atoms with Crippen LogP contribution in [-0.4, -0.2) is 29.6 Å². The van der Waals surface area contributed by atoms with E-state index in [9.17, 15) is 9.59 Å². The number of hydrogen-bond acceptors (Lipinski definition) is 6. The molecule has 1 fully saturated rings. The van der Waals surface area contributed by atoms with E-state index >= 15 is 0 Å². The average Bonchev–Trinajstić information content (AvgIpc) is 3.07. The average molecular weight is 404 g/mol. The molecule has 3 atom stereocenters. The molecule has 1 heterocycles. The molecule has 0 amide bonds. The van der Waals surface area contributed by atoms with Crippen molar-refractivity contribution >= 4 is 33.5 Å². The normalized spacial score (nSPS) is 22.4. The molecule has 1 aromatic heterocycles. The van der Waals surface area contributed by atoms with Crippen molar-refractivity contribution in [1.29, 1.82) is 0 Å². The lowest BCUT2D eigenvalue weighted by Crippen LogP contribution is -2.36. The van der Waals surface area contributed by atoms with Gasteiger partial charge in [-0.1, -0.05) is 39.3 Å². The second kappa shape index (κ2) is 9.50. The fourth-order valence-electron chi connectivity index (χ4n) is 3.90. The molecule has 1 aliphatic carbocycles. The molecule has 0 bridgehead atoms. The van der Waals surface area contributed by atoms with Crippen molar-refractivity contribution < 1.29 is 19.1 Å².